The molecule has 2 aromatic rings. The van der Waals surface area contributed by atoms with Crippen LogP contribution in [0, 0.1) is 13.8 Å². The van der Waals surface area contributed by atoms with E-state index in [1.807, 2.05) is 12.1 Å². The van der Waals surface area contributed by atoms with Crippen LogP contribution in [-0.4, -0.2) is 65.4 Å². The summed E-state index contributed by atoms with van der Waals surface area (Å²) in [6, 6.07) is 11.8. The quantitative estimate of drug-likeness (QED) is 0.572. The second kappa shape index (κ2) is 11.1. The van der Waals surface area contributed by atoms with Crippen LogP contribution in [0.1, 0.15) is 29.5 Å². The molecule has 2 aromatic carbocycles. The minimum absolute atomic E-state index is 0.0628. The molecule has 0 aromatic heterocycles. The second-order valence-corrected chi connectivity index (χ2v) is 10.6. The number of Topliss-reactive ketones (excluding diaryl/α,β-unsaturated/α-hetero) is 1. The van der Waals surface area contributed by atoms with E-state index in [2.05, 4.69) is 22.3 Å². The number of aryl methyl sites for hydroxylation is 3. The van der Waals surface area contributed by atoms with Crippen LogP contribution >= 0.6 is 0 Å². The fourth-order valence-electron chi connectivity index (χ4n) is 4.23. The van der Waals surface area contributed by atoms with Crippen LogP contribution in [0.15, 0.2) is 41.3 Å². The highest BCUT2D eigenvalue weighted by Crippen LogP contribution is 2.28. The van der Waals surface area contributed by atoms with Gasteiger partial charge in [-0.1, -0.05) is 12.1 Å². The van der Waals surface area contributed by atoms with Gasteiger partial charge in [0.05, 0.1) is 12.0 Å². The second-order valence-electron chi connectivity index (χ2n) is 8.61. The van der Waals surface area contributed by atoms with Crippen molar-refractivity contribution in [3.05, 3.63) is 53.1 Å². The number of anilines is 1. The molecule has 1 saturated heterocycles. The Morgan fingerprint density at radius 1 is 1.09 bits per heavy atom. The van der Waals surface area contributed by atoms with Gasteiger partial charge in [0.15, 0.2) is 0 Å². The number of nitrogens with zero attached hydrogens (tertiary/aromatic N) is 2. The third-order valence-corrected chi connectivity index (χ3v) is 8.29. The Morgan fingerprint density at radius 2 is 1.76 bits per heavy atom. The molecule has 180 valence electrons. The van der Waals surface area contributed by atoms with Gasteiger partial charge < -0.3 is 15.0 Å². The monoisotopic (exact) mass is 473 g/mol. The minimum atomic E-state index is -3.69. The van der Waals surface area contributed by atoms with Crippen LogP contribution in [0.25, 0.3) is 0 Å². The highest BCUT2D eigenvalue weighted by atomic mass is 32.2. The van der Waals surface area contributed by atoms with Crippen molar-refractivity contribution in [1.29, 1.82) is 0 Å². The molecular formula is C25H35N3O4S. The standard InChI is InChI=1S/C25H35N3O4S/c1-19-16-24(32-4)17-20(2)25(19)33(30,31)27(3)13-10-23(29)9-8-21-6-5-7-22(18-21)28-14-11-26-12-15-28/h5-7,16-18,26H,8-15H2,1-4H3. The summed E-state index contributed by atoms with van der Waals surface area (Å²) >= 11 is 0. The van der Waals surface area contributed by atoms with Crippen LogP contribution in [0.2, 0.25) is 0 Å². The van der Waals surface area contributed by atoms with Crippen LogP contribution in [0.3, 0.4) is 0 Å². The molecule has 1 fully saturated rings. The molecule has 7 nitrogen and oxygen atoms in total. The Bertz CT molecular complexity index is 1060. The van der Waals surface area contributed by atoms with E-state index >= 15 is 0 Å². The van der Waals surface area contributed by atoms with Gasteiger partial charge in [-0.15, -0.1) is 0 Å². The topological polar surface area (TPSA) is 79.0 Å². The molecule has 3 rings (SSSR count). The van der Waals surface area contributed by atoms with E-state index in [0.717, 1.165) is 31.7 Å². The highest BCUT2D eigenvalue weighted by molar-refractivity contribution is 7.89. The molecule has 0 atom stereocenters. The van der Waals surface area contributed by atoms with E-state index in [1.54, 1.807) is 33.1 Å². The fraction of sp³-hybridized carbons (Fsp3) is 0.480. The summed E-state index contributed by atoms with van der Waals surface area (Å²) in [6.07, 6.45) is 1.26. The Labute approximate surface area is 197 Å². The number of ether oxygens (including phenoxy) is 1. The number of piperazine rings is 1. The molecule has 0 radical (unpaired) electrons. The molecule has 0 bridgehead atoms. The van der Waals surface area contributed by atoms with Gasteiger partial charge in [-0.25, -0.2) is 12.7 Å². The maximum absolute atomic E-state index is 13.1. The Morgan fingerprint density at radius 3 is 2.39 bits per heavy atom. The van der Waals surface area contributed by atoms with Crippen molar-refractivity contribution in [3.8, 4) is 5.75 Å². The number of rotatable bonds is 10. The number of sulfonamides is 1. The van der Waals surface area contributed by atoms with Crippen molar-refractivity contribution in [2.75, 3.05) is 51.8 Å². The summed E-state index contributed by atoms with van der Waals surface area (Å²) in [4.78, 5) is 15.2. The van der Waals surface area contributed by atoms with Gasteiger partial charge >= 0.3 is 0 Å². The van der Waals surface area contributed by atoms with Crippen molar-refractivity contribution >= 4 is 21.5 Å². The summed E-state index contributed by atoms with van der Waals surface area (Å²) in [7, 11) is -0.604. The smallest absolute Gasteiger partial charge is 0.243 e. The van der Waals surface area contributed by atoms with E-state index in [1.165, 1.54) is 17.0 Å². The first-order valence-electron chi connectivity index (χ1n) is 11.4. The highest BCUT2D eigenvalue weighted by Gasteiger charge is 2.25. The van der Waals surface area contributed by atoms with Crippen molar-refractivity contribution < 1.29 is 17.9 Å². The Balaban J connectivity index is 1.55. The molecule has 0 unspecified atom stereocenters. The summed E-state index contributed by atoms with van der Waals surface area (Å²) in [5.74, 6) is 0.690. The Kier molecular flexibility index (Phi) is 8.51. The van der Waals surface area contributed by atoms with Crippen LogP contribution in [0.5, 0.6) is 5.75 Å². The SMILES string of the molecule is COc1cc(C)c(S(=O)(=O)N(C)CCC(=O)CCc2cccc(N3CCNCC3)c2)c(C)c1. The first-order valence-corrected chi connectivity index (χ1v) is 12.8. The Hall–Kier alpha value is -2.42. The summed E-state index contributed by atoms with van der Waals surface area (Å²) in [5.41, 5.74) is 3.59. The molecule has 0 amide bonds. The number of carbonyl (C=O) groups is 1. The van der Waals surface area contributed by atoms with Crippen molar-refractivity contribution in [1.82, 2.24) is 9.62 Å². The molecule has 0 aliphatic carbocycles. The molecule has 0 spiro atoms. The molecular weight excluding hydrogens is 438 g/mol. The maximum atomic E-state index is 13.1. The lowest BCUT2D eigenvalue weighted by atomic mass is 10.0. The van der Waals surface area contributed by atoms with E-state index in [-0.39, 0.29) is 23.6 Å². The lowest BCUT2D eigenvalue weighted by molar-refractivity contribution is -0.119. The van der Waals surface area contributed by atoms with E-state index < -0.39 is 10.0 Å². The molecule has 1 heterocycles. The van der Waals surface area contributed by atoms with Crippen molar-refractivity contribution in [3.63, 3.8) is 0 Å². The fourth-order valence-corrected chi connectivity index (χ4v) is 5.81. The van der Waals surface area contributed by atoms with E-state index in [4.69, 9.17) is 4.74 Å². The lowest BCUT2D eigenvalue weighted by Crippen LogP contribution is -2.43. The largest absolute Gasteiger partial charge is 0.497 e. The van der Waals surface area contributed by atoms with Gasteiger partial charge in [0.25, 0.3) is 0 Å². The third kappa shape index (κ3) is 6.34. The first-order chi connectivity index (χ1) is 15.7. The van der Waals surface area contributed by atoms with Gasteiger partial charge in [0.2, 0.25) is 10.0 Å². The van der Waals surface area contributed by atoms with E-state index in [0.29, 0.717) is 29.7 Å². The molecule has 0 saturated carbocycles. The predicted octanol–water partition coefficient (Wildman–Crippen LogP) is 2.93. The van der Waals surface area contributed by atoms with Gasteiger partial charge in [-0.05, 0) is 61.2 Å². The average molecular weight is 474 g/mol. The number of carbonyl (C=O) groups excluding carboxylic acids is 1. The van der Waals surface area contributed by atoms with Crippen molar-refractivity contribution in [2.45, 2.75) is 38.0 Å². The normalized spacial score (nSPS) is 14.5. The molecule has 1 N–H and O–H groups in total. The summed E-state index contributed by atoms with van der Waals surface area (Å²) in [6.45, 7) is 7.61. The van der Waals surface area contributed by atoms with Gasteiger partial charge in [0, 0.05) is 58.3 Å². The maximum Gasteiger partial charge on any atom is 0.243 e. The number of benzene rings is 2. The zero-order valence-corrected chi connectivity index (χ0v) is 20.9. The van der Waals surface area contributed by atoms with Crippen LogP contribution in [-0.2, 0) is 21.2 Å². The van der Waals surface area contributed by atoms with Crippen LogP contribution < -0.4 is 15.0 Å². The number of ketones is 1. The number of methoxy groups -OCH3 is 1. The summed E-state index contributed by atoms with van der Waals surface area (Å²) in [5, 5.41) is 3.36. The molecule has 8 heteroatoms. The van der Waals surface area contributed by atoms with E-state index in [9.17, 15) is 13.2 Å². The summed E-state index contributed by atoms with van der Waals surface area (Å²) < 4.78 is 32.7. The number of hydrogen-bond donors (Lipinski definition) is 1. The van der Waals surface area contributed by atoms with Crippen molar-refractivity contribution in [2.24, 2.45) is 0 Å². The van der Waals surface area contributed by atoms with Gasteiger partial charge in [0.1, 0.15) is 11.5 Å². The third-order valence-electron chi connectivity index (χ3n) is 6.13. The lowest BCUT2D eigenvalue weighted by Gasteiger charge is -2.29. The van der Waals surface area contributed by atoms with Gasteiger partial charge in [-0.3, -0.25) is 4.79 Å². The molecule has 1 aliphatic heterocycles. The van der Waals surface area contributed by atoms with Crippen LogP contribution in [0.4, 0.5) is 5.69 Å². The first kappa shape index (κ1) is 25.2. The van der Waals surface area contributed by atoms with Gasteiger partial charge in [-0.2, -0.15) is 0 Å². The zero-order chi connectivity index (χ0) is 24.0. The molecule has 33 heavy (non-hydrogen) atoms. The predicted molar refractivity (Wildman–Crippen MR) is 132 cm³/mol. The average Bonchev–Trinajstić information content (AvgIpc) is 2.81. The molecule has 1 aliphatic rings. The number of nitrogens with one attached hydrogen (secondary N) is 1. The zero-order valence-electron chi connectivity index (χ0n) is 20.1. The minimum Gasteiger partial charge on any atom is -0.497 e. The number of hydrogen-bond acceptors (Lipinski definition) is 6.